The van der Waals surface area contributed by atoms with Crippen LogP contribution in [0.1, 0.15) is 0 Å². The minimum absolute atomic E-state index is 0.642. The van der Waals surface area contributed by atoms with E-state index in [2.05, 4.69) is 100.0 Å². The molecule has 194 valence electrons. The fourth-order valence-electron chi connectivity index (χ4n) is 7.02. The van der Waals surface area contributed by atoms with Crippen LogP contribution in [0.3, 0.4) is 0 Å². The number of fused-ring (bicyclic) bond motifs is 11. The molecular weight excluding hydrogens is 514 g/mol. The predicted molar refractivity (Wildman–Crippen MR) is 172 cm³/mol. The molecule has 0 bridgehead atoms. The van der Waals surface area contributed by atoms with Gasteiger partial charge in [-0.05, 0) is 36.4 Å². The molecule has 0 saturated heterocycles. The van der Waals surface area contributed by atoms with Crippen molar-refractivity contribution in [2.75, 3.05) is 0 Å². The maximum Gasteiger partial charge on any atom is 0.235 e. The highest BCUT2D eigenvalue weighted by Crippen LogP contribution is 2.46. The number of benzene rings is 5. The zero-order valence-electron chi connectivity index (χ0n) is 22.4. The van der Waals surface area contributed by atoms with Crippen LogP contribution in [0.2, 0.25) is 0 Å². The van der Waals surface area contributed by atoms with Gasteiger partial charge >= 0.3 is 0 Å². The number of hydrogen-bond acceptors (Lipinski definition) is 3. The molecule has 0 saturated carbocycles. The summed E-state index contributed by atoms with van der Waals surface area (Å²) in [4.78, 5) is 15.1. The standard InChI is InChI=1S/C37H21N5/c1-2-11-22(12-3-1)33-34-28(16-10-20-38-34)39-37(40-33)42-30-18-8-5-14-24(30)27-21-26-23-13-4-7-17-29(23)41-31-19-9-6-15-25(31)32(35(26)41)36(27)42/h1-21H. The third-order valence-electron chi connectivity index (χ3n) is 8.69. The normalized spacial score (nSPS) is 12.3. The third-order valence-corrected chi connectivity index (χ3v) is 8.69. The van der Waals surface area contributed by atoms with Gasteiger partial charge in [0.1, 0.15) is 11.2 Å². The Morgan fingerprint density at radius 1 is 0.500 bits per heavy atom. The summed E-state index contributed by atoms with van der Waals surface area (Å²) in [7, 11) is 0. The highest BCUT2D eigenvalue weighted by Gasteiger charge is 2.25. The van der Waals surface area contributed by atoms with Gasteiger partial charge in [0.05, 0.1) is 33.1 Å². The first kappa shape index (κ1) is 21.9. The third kappa shape index (κ3) is 2.70. The van der Waals surface area contributed by atoms with Crippen molar-refractivity contribution in [2.45, 2.75) is 0 Å². The first-order valence-corrected chi connectivity index (χ1v) is 14.1. The number of para-hydroxylation sites is 3. The number of nitrogens with zero attached hydrogens (tertiary/aromatic N) is 5. The number of rotatable bonds is 2. The summed E-state index contributed by atoms with van der Waals surface area (Å²) in [5, 5.41) is 7.36. The lowest BCUT2D eigenvalue weighted by Gasteiger charge is -2.11. The van der Waals surface area contributed by atoms with Gasteiger partial charge in [-0.2, -0.15) is 0 Å². The van der Waals surface area contributed by atoms with Crippen LogP contribution in [-0.2, 0) is 0 Å². The topological polar surface area (TPSA) is 48.0 Å². The van der Waals surface area contributed by atoms with Gasteiger partial charge in [0.15, 0.2) is 0 Å². The maximum atomic E-state index is 5.27. The largest absolute Gasteiger partial charge is 0.308 e. The van der Waals surface area contributed by atoms with E-state index in [1.807, 2.05) is 36.5 Å². The van der Waals surface area contributed by atoms with Crippen LogP contribution >= 0.6 is 0 Å². The molecule has 0 unspecified atom stereocenters. The maximum absolute atomic E-state index is 5.27. The van der Waals surface area contributed by atoms with Crippen LogP contribution < -0.4 is 0 Å². The lowest BCUT2D eigenvalue weighted by atomic mass is 10.0. The summed E-state index contributed by atoms with van der Waals surface area (Å²) in [6.45, 7) is 0. The van der Waals surface area contributed by atoms with Crippen molar-refractivity contribution < 1.29 is 0 Å². The quantitative estimate of drug-likeness (QED) is 0.222. The van der Waals surface area contributed by atoms with Crippen molar-refractivity contribution >= 4 is 70.9 Å². The number of aromatic nitrogens is 5. The van der Waals surface area contributed by atoms with E-state index >= 15 is 0 Å². The molecule has 0 aliphatic rings. The molecule has 42 heavy (non-hydrogen) atoms. The molecule has 0 atom stereocenters. The summed E-state index contributed by atoms with van der Waals surface area (Å²) >= 11 is 0. The molecular formula is C37H21N5. The van der Waals surface area contributed by atoms with E-state index in [4.69, 9.17) is 15.0 Å². The van der Waals surface area contributed by atoms with Crippen LogP contribution in [0.15, 0.2) is 128 Å². The number of pyridine rings is 1. The van der Waals surface area contributed by atoms with E-state index in [9.17, 15) is 0 Å². The summed E-state index contributed by atoms with van der Waals surface area (Å²) in [5.41, 5.74) is 9.33. The molecule has 5 nitrogen and oxygen atoms in total. The number of hydrogen-bond donors (Lipinski definition) is 0. The van der Waals surface area contributed by atoms with Gasteiger partial charge in [-0.25, -0.2) is 9.97 Å². The monoisotopic (exact) mass is 535 g/mol. The van der Waals surface area contributed by atoms with Crippen molar-refractivity contribution in [1.82, 2.24) is 23.9 Å². The average molecular weight is 536 g/mol. The van der Waals surface area contributed by atoms with Crippen molar-refractivity contribution in [3.63, 3.8) is 0 Å². The molecule has 0 amide bonds. The van der Waals surface area contributed by atoms with Gasteiger partial charge in [0.2, 0.25) is 5.95 Å². The highest BCUT2D eigenvalue weighted by molar-refractivity contribution is 6.34. The Kier molecular flexibility index (Phi) is 4.12. The molecule has 5 heteroatoms. The summed E-state index contributed by atoms with van der Waals surface area (Å²) in [6.07, 6.45) is 1.81. The lowest BCUT2D eigenvalue weighted by Crippen LogP contribution is -2.04. The van der Waals surface area contributed by atoms with Crippen molar-refractivity contribution in [1.29, 1.82) is 0 Å². The second kappa shape index (κ2) is 7.89. The molecule has 5 heterocycles. The van der Waals surface area contributed by atoms with Crippen LogP contribution in [0.4, 0.5) is 0 Å². The van der Waals surface area contributed by atoms with Crippen molar-refractivity contribution in [3.05, 3.63) is 128 Å². The van der Waals surface area contributed by atoms with Gasteiger partial charge in [-0.15, -0.1) is 0 Å². The first-order valence-electron chi connectivity index (χ1n) is 14.1. The Morgan fingerprint density at radius 2 is 1.14 bits per heavy atom. The Labute approximate surface area is 239 Å². The molecule has 0 aliphatic heterocycles. The zero-order valence-corrected chi connectivity index (χ0v) is 22.4. The Balaban J connectivity index is 1.47. The van der Waals surface area contributed by atoms with Crippen LogP contribution in [-0.4, -0.2) is 23.9 Å². The minimum atomic E-state index is 0.642. The van der Waals surface area contributed by atoms with Crippen molar-refractivity contribution in [2.24, 2.45) is 0 Å². The van der Waals surface area contributed by atoms with Crippen LogP contribution in [0.25, 0.3) is 88.1 Å². The molecule has 0 radical (unpaired) electrons. The van der Waals surface area contributed by atoms with Gasteiger partial charge in [-0.1, -0.05) is 84.9 Å². The van der Waals surface area contributed by atoms with Gasteiger partial charge in [-0.3, -0.25) is 9.55 Å². The first-order chi connectivity index (χ1) is 20.9. The van der Waals surface area contributed by atoms with Crippen LogP contribution in [0.5, 0.6) is 0 Å². The molecule has 0 spiro atoms. The molecule has 0 N–H and O–H groups in total. The van der Waals surface area contributed by atoms with Gasteiger partial charge < -0.3 is 4.40 Å². The predicted octanol–water partition coefficient (Wildman–Crippen LogP) is 8.94. The lowest BCUT2D eigenvalue weighted by molar-refractivity contribution is 1.01. The van der Waals surface area contributed by atoms with Gasteiger partial charge in [0.25, 0.3) is 0 Å². The van der Waals surface area contributed by atoms with E-state index in [1.165, 1.54) is 48.9 Å². The fraction of sp³-hybridized carbons (Fsp3) is 0. The van der Waals surface area contributed by atoms with E-state index < -0.39 is 0 Å². The van der Waals surface area contributed by atoms with E-state index in [1.54, 1.807) is 0 Å². The summed E-state index contributed by atoms with van der Waals surface area (Å²) in [6, 6.07) is 42.7. The molecule has 5 aromatic carbocycles. The minimum Gasteiger partial charge on any atom is -0.308 e. The zero-order chi connectivity index (χ0) is 27.4. The van der Waals surface area contributed by atoms with Gasteiger partial charge in [0, 0.05) is 44.1 Å². The molecule has 0 aliphatic carbocycles. The second-order valence-electron chi connectivity index (χ2n) is 10.9. The second-order valence-corrected chi connectivity index (χ2v) is 10.9. The van der Waals surface area contributed by atoms with E-state index in [-0.39, 0.29) is 0 Å². The van der Waals surface area contributed by atoms with Crippen molar-refractivity contribution in [3.8, 4) is 17.2 Å². The average Bonchev–Trinajstić information content (AvgIpc) is 3.69. The SMILES string of the molecule is c1ccc(-c2nc(-n3c4ccccc4c4cc5c6ccccc6n6c7ccccc7c(c43)c56)nc3cccnc23)cc1. The Morgan fingerprint density at radius 3 is 1.95 bits per heavy atom. The summed E-state index contributed by atoms with van der Waals surface area (Å²) < 4.78 is 4.69. The molecule has 10 aromatic rings. The fourth-order valence-corrected chi connectivity index (χ4v) is 7.02. The summed E-state index contributed by atoms with van der Waals surface area (Å²) in [5.74, 6) is 0.642. The van der Waals surface area contributed by atoms with E-state index in [0.717, 1.165) is 33.3 Å². The highest BCUT2D eigenvalue weighted by atomic mass is 15.2. The van der Waals surface area contributed by atoms with Crippen LogP contribution in [0, 0.1) is 0 Å². The molecule has 5 aromatic heterocycles. The molecule has 10 rings (SSSR count). The Hall–Kier alpha value is -5.81. The Bertz CT molecular complexity index is 2680. The smallest absolute Gasteiger partial charge is 0.235 e. The molecule has 0 fully saturated rings. The van der Waals surface area contributed by atoms with E-state index in [0.29, 0.717) is 5.95 Å².